The third-order valence-electron chi connectivity index (χ3n) is 5.51. The van der Waals surface area contributed by atoms with Crippen LogP contribution in [-0.2, 0) is 0 Å². The van der Waals surface area contributed by atoms with Crippen molar-refractivity contribution in [3.05, 3.63) is 59.6 Å². The summed E-state index contributed by atoms with van der Waals surface area (Å²) in [7, 11) is 4.26. The van der Waals surface area contributed by atoms with Crippen molar-refractivity contribution in [3.8, 4) is 16.3 Å². The molecule has 4 rings (SSSR count). The molecule has 0 radical (unpaired) electrons. The average Bonchev–Trinajstić information content (AvgIpc) is 3.45. The van der Waals surface area contributed by atoms with Gasteiger partial charge in [-0.2, -0.15) is 0 Å². The summed E-state index contributed by atoms with van der Waals surface area (Å²) in [4.78, 5) is 21.9. The van der Waals surface area contributed by atoms with E-state index in [0.717, 1.165) is 35.1 Å². The van der Waals surface area contributed by atoms with Crippen LogP contribution in [0.1, 0.15) is 23.8 Å². The lowest BCUT2D eigenvalue weighted by atomic mass is 10.2. The first-order valence-electron chi connectivity index (χ1n) is 10.5. The molecular weight excluding hydrogens is 408 g/mol. The first kappa shape index (κ1) is 21.3. The maximum Gasteiger partial charge on any atom is 0.275 e. The molecule has 1 aromatic heterocycles. The summed E-state index contributed by atoms with van der Waals surface area (Å²) in [6.45, 7) is 4.66. The van der Waals surface area contributed by atoms with Crippen molar-refractivity contribution in [2.75, 3.05) is 44.0 Å². The third kappa shape index (κ3) is 5.06. The number of aromatic nitrogens is 1. The molecule has 2 aromatic carbocycles. The summed E-state index contributed by atoms with van der Waals surface area (Å²) in [5.41, 5.74) is 3.32. The van der Waals surface area contributed by atoms with Gasteiger partial charge in [0.15, 0.2) is 0 Å². The number of benzene rings is 2. The van der Waals surface area contributed by atoms with Crippen LogP contribution in [0.4, 0.5) is 11.4 Å². The quantitative estimate of drug-likeness (QED) is 0.587. The molecule has 31 heavy (non-hydrogen) atoms. The fourth-order valence-electron chi connectivity index (χ4n) is 3.74. The molecule has 1 N–H and O–H groups in total. The molecule has 0 aliphatic carbocycles. The van der Waals surface area contributed by atoms with Crippen LogP contribution >= 0.6 is 11.3 Å². The maximum atomic E-state index is 12.7. The molecule has 6 nitrogen and oxygen atoms in total. The fraction of sp³-hybridized carbons (Fsp3) is 0.333. The van der Waals surface area contributed by atoms with Gasteiger partial charge in [-0.15, -0.1) is 11.3 Å². The zero-order valence-electron chi connectivity index (χ0n) is 18.2. The number of anilines is 2. The van der Waals surface area contributed by atoms with Crippen LogP contribution in [0, 0.1) is 0 Å². The Morgan fingerprint density at radius 2 is 2.06 bits per heavy atom. The predicted molar refractivity (Wildman–Crippen MR) is 127 cm³/mol. The second kappa shape index (κ2) is 9.49. The number of carbonyl (C=O) groups is 1. The summed E-state index contributed by atoms with van der Waals surface area (Å²) in [6, 6.07) is 16.4. The number of rotatable bonds is 7. The van der Waals surface area contributed by atoms with Gasteiger partial charge >= 0.3 is 0 Å². The summed E-state index contributed by atoms with van der Waals surface area (Å²) >= 11 is 1.45. The van der Waals surface area contributed by atoms with Gasteiger partial charge < -0.3 is 19.9 Å². The Morgan fingerprint density at radius 3 is 2.77 bits per heavy atom. The number of nitrogens with zero attached hydrogens (tertiary/aromatic N) is 3. The van der Waals surface area contributed by atoms with Crippen molar-refractivity contribution in [3.63, 3.8) is 0 Å². The largest absolute Gasteiger partial charge is 0.494 e. The van der Waals surface area contributed by atoms with E-state index in [0.29, 0.717) is 18.3 Å². The van der Waals surface area contributed by atoms with Crippen LogP contribution in [-0.4, -0.2) is 55.6 Å². The second-order valence-electron chi connectivity index (χ2n) is 7.85. The highest BCUT2D eigenvalue weighted by Crippen LogP contribution is 2.28. The van der Waals surface area contributed by atoms with Gasteiger partial charge in [0.05, 0.1) is 6.61 Å². The number of carbonyl (C=O) groups excluding carboxylic acids is 1. The van der Waals surface area contributed by atoms with E-state index >= 15 is 0 Å². The summed E-state index contributed by atoms with van der Waals surface area (Å²) in [6.07, 6.45) is 1.17. The van der Waals surface area contributed by atoms with Crippen LogP contribution in [0.15, 0.2) is 53.9 Å². The van der Waals surface area contributed by atoms with Crippen LogP contribution < -0.4 is 15.0 Å². The standard InChI is InChI=1S/C24H28N4O2S/c1-4-30-21-7-5-6-17(14-21)24-26-22(16-31-24)23(29)25-18-8-10-19(11-9-18)28-13-12-20(15-28)27(2)3/h5-11,14,16,20H,4,12-13,15H2,1-3H3,(H,25,29). The van der Waals surface area contributed by atoms with Gasteiger partial charge in [-0.1, -0.05) is 12.1 Å². The van der Waals surface area contributed by atoms with Gasteiger partial charge in [0, 0.05) is 41.4 Å². The molecule has 1 aliphatic heterocycles. The van der Waals surface area contributed by atoms with Crippen molar-refractivity contribution in [1.29, 1.82) is 0 Å². The Labute approximate surface area is 187 Å². The molecule has 1 aliphatic rings. The Balaban J connectivity index is 1.39. The molecule has 162 valence electrons. The first-order valence-corrected chi connectivity index (χ1v) is 11.4. The number of nitrogens with one attached hydrogen (secondary N) is 1. The molecule has 1 saturated heterocycles. The van der Waals surface area contributed by atoms with Crippen LogP contribution in [0.2, 0.25) is 0 Å². The summed E-state index contributed by atoms with van der Waals surface area (Å²) in [5.74, 6) is 0.598. The minimum absolute atomic E-state index is 0.204. The van der Waals surface area contributed by atoms with E-state index in [1.807, 2.05) is 43.3 Å². The van der Waals surface area contributed by atoms with Crippen LogP contribution in [0.3, 0.4) is 0 Å². The molecule has 0 saturated carbocycles. The molecule has 1 unspecified atom stereocenters. The van der Waals surface area contributed by atoms with E-state index in [4.69, 9.17) is 4.74 Å². The highest BCUT2D eigenvalue weighted by atomic mass is 32.1. The lowest BCUT2D eigenvalue weighted by Gasteiger charge is -2.22. The van der Waals surface area contributed by atoms with Crippen LogP contribution in [0.25, 0.3) is 10.6 Å². The van der Waals surface area contributed by atoms with E-state index in [9.17, 15) is 4.79 Å². The van der Waals surface area contributed by atoms with Crippen molar-refractivity contribution in [2.45, 2.75) is 19.4 Å². The smallest absolute Gasteiger partial charge is 0.275 e. The third-order valence-corrected chi connectivity index (χ3v) is 6.40. The van der Waals surface area contributed by atoms with E-state index in [-0.39, 0.29) is 5.91 Å². The van der Waals surface area contributed by atoms with E-state index in [1.54, 1.807) is 5.38 Å². The summed E-state index contributed by atoms with van der Waals surface area (Å²) < 4.78 is 5.56. The van der Waals surface area contributed by atoms with Crippen molar-refractivity contribution < 1.29 is 9.53 Å². The SMILES string of the molecule is CCOc1cccc(-c2nc(C(=O)Nc3ccc(N4CCC(N(C)C)C4)cc3)cs2)c1. The number of thiazole rings is 1. The Kier molecular flexibility index (Phi) is 6.53. The number of amides is 1. The van der Waals surface area contributed by atoms with Crippen molar-refractivity contribution in [1.82, 2.24) is 9.88 Å². The highest BCUT2D eigenvalue weighted by Gasteiger charge is 2.24. The minimum atomic E-state index is -0.204. The monoisotopic (exact) mass is 436 g/mol. The van der Waals surface area contributed by atoms with Crippen LogP contribution in [0.5, 0.6) is 5.75 Å². The molecular formula is C24H28N4O2S. The molecule has 1 amide bonds. The van der Waals surface area contributed by atoms with Crippen molar-refractivity contribution in [2.24, 2.45) is 0 Å². The van der Waals surface area contributed by atoms with Crippen molar-refractivity contribution >= 4 is 28.6 Å². The maximum absolute atomic E-state index is 12.7. The van der Waals surface area contributed by atoms with Gasteiger partial charge in [-0.3, -0.25) is 4.79 Å². The number of hydrogen-bond donors (Lipinski definition) is 1. The molecule has 1 atom stereocenters. The van der Waals surface area contributed by atoms with Gasteiger partial charge in [-0.25, -0.2) is 4.98 Å². The van der Waals surface area contributed by atoms with Gasteiger partial charge in [-0.05, 0) is 63.8 Å². The lowest BCUT2D eigenvalue weighted by molar-refractivity contribution is 0.102. The number of likely N-dealkylation sites (N-methyl/N-ethyl adjacent to an activating group) is 1. The molecule has 1 fully saturated rings. The second-order valence-corrected chi connectivity index (χ2v) is 8.71. The Bertz CT molecular complexity index is 1030. The molecule has 7 heteroatoms. The zero-order valence-corrected chi connectivity index (χ0v) is 19.0. The molecule has 3 aromatic rings. The highest BCUT2D eigenvalue weighted by molar-refractivity contribution is 7.13. The Hall–Kier alpha value is -2.90. The molecule has 0 bridgehead atoms. The number of ether oxygens (including phenoxy) is 1. The lowest BCUT2D eigenvalue weighted by Crippen LogP contribution is -2.31. The Morgan fingerprint density at radius 1 is 1.26 bits per heavy atom. The fourth-order valence-corrected chi connectivity index (χ4v) is 4.54. The molecule has 0 spiro atoms. The van der Waals surface area contributed by atoms with E-state index < -0.39 is 0 Å². The summed E-state index contributed by atoms with van der Waals surface area (Å²) in [5, 5.41) is 5.54. The number of hydrogen-bond acceptors (Lipinski definition) is 6. The van der Waals surface area contributed by atoms with E-state index in [1.165, 1.54) is 23.4 Å². The topological polar surface area (TPSA) is 57.7 Å². The van der Waals surface area contributed by atoms with Gasteiger partial charge in [0.2, 0.25) is 0 Å². The minimum Gasteiger partial charge on any atom is -0.494 e. The molecule has 2 heterocycles. The van der Waals surface area contributed by atoms with E-state index in [2.05, 4.69) is 46.3 Å². The zero-order chi connectivity index (χ0) is 21.8. The first-order chi connectivity index (χ1) is 15.0. The normalized spacial score (nSPS) is 16.0. The van der Waals surface area contributed by atoms with Gasteiger partial charge in [0.1, 0.15) is 16.5 Å². The predicted octanol–water partition coefficient (Wildman–Crippen LogP) is 4.60. The van der Waals surface area contributed by atoms with Gasteiger partial charge in [0.25, 0.3) is 5.91 Å². The average molecular weight is 437 g/mol.